The highest BCUT2D eigenvalue weighted by atomic mass is 16.3. The third-order valence-electron chi connectivity index (χ3n) is 2.84. The van der Waals surface area contributed by atoms with E-state index in [1.807, 2.05) is 0 Å². The van der Waals surface area contributed by atoms with Crippen molar-refractivity contribution in [2.75, 3.05) is 13.6 Å². The predicted octanol–water partition coefficient (Wildman–Crippen LogP) is 0.823. The molecule has 0 bridgehead atoms. The van der Waals surface area contributed by atoms with Crippen LogP contribution < -0.4 is 10.6 Å². The van der Waals surface area contributed by atoms with Crippen LogP contribution in [0.15, 0.2) is 24.3 Å². The van der Waals surface area contributed by atoms with Crippen LogP contribution in [0.25, 0.3) is 0 Å². The molecule has 1 aromatic carbocycles. The van der Waals surface area contributed by atoms with E-state index < -0.39 is 5.41 Å². The Kier molecular flexibility index (Phi) is 4.92. The summed E-state index contributed by atoms with van der Waals surface area (Å²) in [5, 5.41) is 14.6. The van der Waals surface area contributed by atoms with E-state index >= 15 is 0 Å². The highest BCUT2D eigenvalue weighted by Crippen LogP contribution is 2.14. The highest BCUT2D eigenvalue weighted by Gasteiger charge is 2.26. The van der Waals surface area contributed by atoms with Gasteiger partial charge in [-0.3, -0.25) is 9.59 Å². The first-order chi connectivity index (χ1) is 8.85. The molecule has 0 spiro atoms. The predicted molar refractivity (Wildman–Crippen MR) is 72.7 cm³/mol. The maximum atomic E-state index is 11.8. The monoisotopic (exact) mass is 264 g/mol. The van der Waals surface area contributed by atoms with Crippen LogP contribution in [0.3, 0.4) is 0 Å². The van der Waals surface area contributed by atoms with E-state index in [-0.39, 0.29) is 30.5 Å². The van der Waals surface area contributed by atoms with E-state index in [1.54, 1.807) is 45.2 Å². The van der Waals surface area contributed by atoms with Gasteiger partial charge in [0, 0.05) is 13.6 Å². The SMILES string of the molecule is CNC(=O)C(C)(C)CNC(=O)Cc1cccc(O)c1. The van der Waals surface area contributed by atoms with Crippen molar-refractivity contribution in [2.24, 2.45) is 5.41 Å². The molecule has 0 aromatic heterocycles. The summed E-state index contributed by atoms with van der Waals surface area (Å²) >= 11 is 0. The van der Waals surface area contributed by atoms with E-state index in [0.717, 1.165) is 5.56 Å². The van der Waals surface area contributed by atoms with Crippen LogP contribution in [-0.2, 0) is 16.0 Å². The Labute approximate surface area is 113 Å². The van der Waals surface area contributed by atoms with Crippen molar-refractivity contribution in [3.63, 3.8) is 0 Å². The fourth-order valence-electron chi connectivity index (χ4n) is 1.65. The Hall–Kier alpha value is -2.04. The fraction of sp³-hybridized carbons (Fsp3) is 0.429. The highest BCUT2D eigenvalue weighted by molar-refractivity contribution is 5.83. The number of benzene rings is 1. The minimum atomic E-state index is -0.650. The van der Waals surface area contributed by atoms with Crippen molar-refractivity contribution in [3.8, 4) is 5.75 Å². The van der Waals surface area contributed by atoms with Gasteiger partial charge in [0.1, 0.15) is 5.75 Å². The van der Waals surface area contributed by atoms with Gasteiger partial charge in [-0.15, -0.1) is 0 Å². The molecule has 104 valence electrons. The van der Waals surface area contributed by atoms with Crippen LogP contribution in [0.1, 0.15) is 19.4 Å². The van der Waals surface area contributed by atoms with Crippen molar-refractivity contribution in [1.29, 1.82) is 0 Å². The van der Waals surface area contributed by atoms with E-state index in [0.29, 0.717) is 0 Å². The molecule has 0 heterocycles. The number of hydrogen-bond donors (Lipinski definition) is 3. The van der Waals surface area contributed by atoms with Crippen molar-refractivity contribution >= 4 is 11.8 Å². The normalized spacial score (nSPS) is 10.9. The second-order valence-electron chi connectivity index (χ2n) is 5.09. The third kappa shape index (κ3) is 4.62. The zero-order chi connectivity index (χ0) is 14.5. The molecular weight excluding hydrogens is 244 g/mol. The molecule has 2 amide bonds. The Bertz CT molecular complexity index is 470. The molecule has 3 N–H and O–H groups in total. The lowest BCUT2D eigenvalue weighted by atomic mass is 9.92. The number of rotatable bonds is 5. The van der Waals surface area contributed by atoms with Gasteiger partial charge in [0.2, 0.25) is 11.8 Å². The van der Waals surface area contributed by atoms with E-state index in [4.69, 9.17) is 0 Å². The second-order valence-corrected chi connectivity index (χ2v) is 5.09. The Balaban J connectivity index is 2.51. The van der Waals surface area contributed by atoms with E-state index in [1.165, 1.54) is 0 Å². The molecule has 1 aromatic rings. The summed E-state index contributed by atoms with van der Waals surface area (Å²) in [6.07, 6.45) is 0.179. The Morgan fingerprint density at radius 3 is 2.58 bits per heavy atom. The Morgan fingerprint density at radius 1 is 1.32 bits per heavy atom. The molecule has 0 unspecified atom stereocenters. The lowest BCUT2D eigenvalue weighted by molar-refractivity contribution is -0.129. The molecule has 0 saturated carbocycles. The van der Waals surface area contributed by atoms with Crippen molar-refractivity contribution in [3.05, 3.63) is 29.8 Å². The first-order valence-corrected chi connectivity index (χ1v) is 6.12. The molecule has 5 heteroatoms. The van der Waals surface area contributed by atoms with Gasteiger partial charge in [0.25, 0.3) is 0 Å². The quantitative estimate of drug-likeness (QED) is 0.737. The first kappa shape index (κ1) is 15.0. The summed E-state index contributed by atoms with van der Waals surface area (Å²) in [7, 11) is 1.57. The van der Waals surface area contributed by atoms with Crippen LogP contribution in [0.2, 0.25) is 0 Å². The maximum Gasteiger partial charge on any atom is 0.227 e. The summed E-state index contributed by atoms with van der Waals surface area (Å²) in [5.74, 6) is -0.163. The number of nitrogens with one attached hydrogen (secondary N) is 2. The molecule has 5 nitrogen and oxygen atoms in total. The van der Waals surface area contributed by atoms with Crippen LogP contribution in [0, 0.1) is 5.41 Å². The fourth-order valence-corrected chi connectivity index (χ4v) is 1.65. The topological polar surface area (TPSA) is 78.4 Å². The van der Waals surface area contributed by atoms with Crippen molar-refractivity contribution in [1.82, 2.24) is 10.6 Å². The van der Waals surface area contributed by atoms with Crippen molar-refractivity contribution in [2.45, 2.75) is 20.3 Å². The van der Waals surface area contributed by atoms with E-state index in [2.05, 4.69) is 10.6 Å². The lowest BCUT2D eigenvalue weighted by Crippen LogP contribution is -2.44. The standard InChI is InChI=1S/C14H20N2O3/c1-14(2,13(19)15-3)9-16-12(18)8-10-5-4-6-11(17)7-10/h4-7,17H,8-9H2,1-3H3,(H,15,19)(H,16,18). The minimum Gasteiger partial charge on any atom is -0.508 e. The number of phenols is 1. The summed E-state index contributed by atoms with van der Waals surface area (Å²) in [6.45, 7) is 3.80. The van der Waals surface area contributed by atoms with Gasteiger partial charge in [-0.1, -0.05) is 12.1 Å². The average Bonchev–Trinajstić information content (AvgIpc) is 2.35. The number of aromatic hydroxyl groups is 1. The molecule has 0 aliphatic carbocycles. The van der Waals surface area contributed by atoms with Gasteiger partial charge in [-0.05, 0) is 31.5 Å². The molecule has 0 aliphatic rings. The minimum absolute atomic E-state index is 0.120. The van der Waals surface area contributed by atoms with Gasteiger partial charge < -0.3 is 15.7 Å². The van der Waals surface area contributed by atoms with Crippen LogP contribution >= 0.6 is 0 Å². The van der Waals surface area contributed by atoms with Gasteiger partial charge in [-0.25, -0.2) is 0 Å². The van der Waals surface area contributed by atoms with Crippen LogP contribution in [-0.4, -0.2) is 30.5 Å². The summed E-state index contributed by atoms with van der Waals surface area (Å²) < 4.78 is 0. The zero-order valence-electron chi connectivity index (χ0n) is 11.5. The van der Waals surface area contributed by atoms with Gasteiger partial charge >= 0.3 is 0 Å². The van der Waals surface area contributed by atoms with Crippen molar-refractivity contribution < 1.29 is 14.7 Å². The second kappa shape index (κ2) is 6.22. The zero-order valence-corrected chi connectivity index (χ0v) is 11.5. The molecule has 0 saturated heterocycles. The maximum absolute atomic E-state index is 11.8. The molecule has 1 rings (SSSR count). The average molecular weight is 264 g/mol. The number of phenolic OH excluding ortho intramolecular Hbond substituents is 1. The summed E-state index contributed by atoms with van der Waals surface area (Å²) in [4.78, 5) is 23.3. The number of carbonyl (C=O) groups is 2. The molecule has 0 atom stereocenters. The molecule has 19 heavy (non-hydrogen) atoms. The van der Waals surface area contributed by atoms with Gasteiger partial charge in [0.05, 0.1) is 11.8 Å². The summed E-state index contributed by atoms with van der Waals surface area (Å²) in [5.41, 5.74) is 0.0821. The first-order valence-electron chi connectivity index (χ1n) is 6.12. The third-order valence-corrected chi connectivity index (χ3v) is 2.84. The summed E-state index contributed by atoms with van der Waals surface area (Å²) in [6, 6.07) is 6.55. The Morgan fingerprint density at radius 2 is 2.00 bits per heavy atom. The molecule has 0 fully saturated rings. The molecule has 0 radical (unpaired) electrons. The molecule has 0 aliphatic heterocycles. The molecular formula is C14H20N2O3. The largest absolute Gasteiger partial charge is 0.508 e. The number of hydrogen-bond acceptors (Lipinski definition) is 3. The number of carbonyl (C=O) groups excluding carboxylic acids is 2. The smallest absolute Gasteiger partial charge is 0.227 e. The lowest BCUT2D eigenvalue weighted by Gasteiger charge is -2.22. The van der Waals surface area contributed by atoms with Gasteiger partial charge in [-0.2, -0.15) is 0 Å². The van der Waals surface area contributed by atoms with E-state index in [9.17, 15) is 14.7 Å². The van der Waals surface area contributed by atoms with Gasteiger partial charge in [0.15, 0.2) is 0 Å². The van der Waals surface area contributed by atoms with Crippen LogP contribution in [0.4, 0.5) is 0 Å². The number of amides is 2. The van der Waals surface area contributed by atoms with Crippen LogP contribution in [0.5, 0.6) is 5.75 Å².